The van der Waals surface area contributed by atoms with Crippen LogP contribution in [0.4, 0.5) is 0 Å². The van der Waals surface area contributed by atoms with Crippen LogP contribution in [0.5, 0.6) is 0 Å². The van der Waals surface area contributed by atoms with E-state index in [9.17, 15) is 8.42 Å². The van der Waals surface area contributed by atoms with Crippen LogP contribution in [0.15, 0.2) is 29.3 Å². The van der Waals surface area contributed by atoms with Gasteiger partial charge in [0.25, 0.3) is 0 Å². The predicted molar refractivity (Wildman–Crippen MR) is 99.4 cm³/mol. The fourth-order valence-corrected chi connectivity index (χ4v) is 2.34. The molecule has 0 aliphatic rings. The summed E-state index contributed by atoms with van der Waals surface area (Å²) in [7, 11) is -1.23. The van der Waals surface area contributed by atoms with Gasteiger partial charge in [0.15, 0.2) is 5.96 Å². The van der Waals surface area contributed by atoms with Gasteiger partial charge in [-0.25, -0.2) is 8.42 Å². The molecule has 0 aliphatic carbocycles. The maximum Gasteiger partial charge on any atom is 0.191 e. The molecule has 0 aliphatic heterocycles. The van der Waals surface area contributed by atoms with E-state index in [-0.39, 0.29) is 29.7 Å². The van der Waals surface area contributed by atoms with Gasteiger partial charge in [-0.1, -0.05) is 23.7 Å². The van der Waals surface area contributed by atoms with Crippen molar-refractivity contribution in [3.05, 3.63) is 34.9 Å². The summed E-state index contributed by atoms with van der Waals surface area (Å²) in [5.41, 5.74) is 1.09. The molecule has 1 aromatic rings. The van der Waals surface area contributed by atoms with Crippen molar-refractivity contribution in [2.75, 3.05) is 25.6 Å². The van der Waals surface area contributed by atoms with Gasteiger partial charge in [0, 0.05) is 31.4 Å². The molecular weight excluding hydrogens is 425 g/mol. The van der Waals surface area contributed by atoms with Gasteiger partial charge in [-0.2, -0.15) is 0 Å². The van der Waals surface area contributed by atoms with Crippen molar-refractivity contribution in [2.24, 2.45) is 4.99 Å². The van der Waals surface area contributed by atoms with Crippen molar-refractivity contribution in [3.63, 3.8) is 0 Å². The summed E-state index contributed by atoms with van der Waals surface area (Å²) in [6.07, 6.45) is 1.79. The van der Waals surface area contributed by atoms with Crippen molar-refractivity contribution in [1.82, 2.24) is 10.6 Å². The van der Waals surface area contributed by atoms with E-state index >= 15 is 0 Å². The molecule has 21 heavy (non-hydrogen) atoms. The highest BCUT2D eigenvalue weighted by Crippen LogP contribution is 2.08. The van der Waals surface area contributed by atoms with Crippen LogP contribution in [-0.2, 0) is 16.4 Å². The fourth-order valence-electron chi connectivity index (χ4n) is 1.55. The highest BCUT2D eigenvalue weighted by atomic mass is 127. The van der Waals surface area contributed by atoms with Crippen LogP contribution in [0.25, 0.3) is 0 Å². The first-order chi connectivity index (χ1) is 9.40. The molecule has 0 saturated carbocycles. The highest BCUT2D eigenvalue weighted by Gasteiger charge is 2.02. The minimum Gasteiger partial charge on any atom is -0.356 e. The SMILES string of the molecule is CN=C(NCCCS(C)(=O)=O)NCc1ccc(Cl)cc1.I. The average Bonchev–Trinajstić information content (AvgIpc) is 2.39. The number of halogens is 2. The molecule has 0 spiro atoms. The molecule has 8 heteroatoms. The molecule has 0 radical (unpaired) electrons. The summed E-state index contributed by atoms with van der Waals surface area (Å²) in [4.78, 5) is 4.07. The topological polar surface area (TPSA) is 70.6 Å². The van der Waals surface area contributed by atoms with Crippen molar-refractivity contribution in [3.8, 4) is 0 Å². The number of sulfone groups is 1. The third kappa shape index (κ3) is 9.92. The Kier molecular flexibility index (Phi) is 9.97. The van der Waals surface area contributed by atoms with Gasteiger partial charge in [-0.3, -0.25) is 4.99 Å². The second kappa shape index (κ2) is 10.2. The van der Waals surface area contributed by atoms with E-state index in [2.05, 4.69) is 15.6 Å². The molecule has 1 aromatic carbocycles. The highest BCUT2D eigenvalue weighted by molar-refractivity contribution is 14.0. The lowest BCUT2D eigenvalue weighted by atomic mass is 10.2. The number of benzene rings is 1. The first kappa shape index (κ1) is 20.5. The van der Waals surface area contributed by atoms with Crippen molar-refractivity contribution in [2.45, 2.75) is 13.0 Å². The summed E-state index contributed by atoms with van der Waals surface area (Å²) < 4.78 is 22.0. The number of nitrogens with one attached hydrogen (secondary N) is 2. The zero-order valence-electron chi connectivity index (χ0n) is 12.1. The summed E-state index contributed by atoms with van der Waals surface area (Å²) in [6.45, 7) is 1.19. The second-order valence-corrected chi connectivity index (χ2v) is 7.16. The van der Waals surface area contributed by atoms with Crippen LogP contribution < -0.4 is 10.6 Å². The van der Waals surface area contributed by atoms with Crippen LogP contribution in [-0.4, -0.2) is 40.0 Å². The Morgan fingerprint density at radius 2 is 1.86 bits per heavy atom. The Labute approximate surface area is 148 Å². The van der Waals surface area contributed by atoms with E-state index in [1.165, 1.54) is 6.26 Å². The summed E-state index contributed by atoms with van der Waals surface area (Å²) in [5.74, 6) is 0.821. The van der Waals surface area contributed by atoms with Crippen LogP contribution in [0, 0.1) is 0 Å². The normalized spacial score (nSPS) is 11.7. The number of aliphatic imine (C=N–C) groups is 1. The van der Waals surface area contributed by atoms with Crippen LogP contribution in [0.1, 0.15) is 12.0 Å². The lowest BCUT2D eigenvalue weighted by Crippen LogP contribution is -2.37. The Morgan fingerprint density at radius 3 is 2.38 bits per heavy atom. The molecule has 0 bridgehead atoms. The molecule has 0 unspecified atom stereocenters. The van der Waals surface area contributed by atoms with E-state index in [1.807, 2.05) is 24.3 Å². The van der Waals surface area contributed by atoms with E-state index in [0.29, 0.717) is 30.5 Å². The maximum absolute atomic E-state index is 11.0. The average molecular weight is 446 g/mol. The Bertz CT molecular complexity index is 547. The van der Waals surface area contributed by atoms with Gasteiger partial charge < -0.3 is 10.6 Å². The van der Waals surface area contributed by atoms with Crippen molar-refractivity contribution in [1.29, 1.82) is 0 Å². The van der Waals surface area contributed by atoms with Crippen LogP contribution in [0.2, 0.25) is 5.02 Å². The monoisotopic (exact) mass is 445 g/mol. The predicted octanol–water partition coefficient (Wildman–Crippen LogP) is 2.06. The maximum atomic E-state index is 11.0. The number of rotatable bonds is 6. The van der Waals surface area contributed by atoms with Crippen LogP contribution >= 0.6 is 35.6 Å². The summed E-state index contributed by atoms with van der Waals surface area (Å²) >= 11 is 5.82. The fraction of sp³-hybridized carbons (Fsp3) is 0.462. The molecule has 0 heterocycles. The third-order valence-corrected chi connectivity index (χ3v) is 3.86. The first-order valence-electron chi connectivity index (χ1n) is 6.27. The largest absolute Gasteiger partial charge is 0.356 e. The minimum absolute atomic E-state index is 0. The molecule has 5 nitrogen and oxygen atoms in total. The zero-order valence-corrected chi connectivity index (χ0v) is 16.0. The second-order valence-electron chi connectivity index (χ2n) is 4.46. The molecule has 0 amide bonds. The Balaban J connectivity index is 0.00000400. The van der Waals surface area contributed by atoms with Gasteiger partial charge in [-0.05, 0) is 24.1 Å². The molecule has 0 saturated heterocycles. The first-order valence-corrected chi connectivity index (χ1v) is 8.71. The van der Waals surface area contributed by atoms with Gasteiger partial charge in [0.2, 0.25) is 0 Å². The number of hydrogen-bond acceptors (Lipinski definition) is 3. The van der Waals surface area contributed by atoms with E-state index < -0.39 is 9.84 Å². The van der Waals surface area contributed by atoms with Crippen molar-refractivity contribution < 1.29 is 8.42 Å². The summed E-state index contributed by atoms with van der Waals surface area (Å²) in [6, 6.07) is 7.54. The zero-order chi connectivity index (χ0) is 15.0. The van der Waals surface area contributed by atoms with Gasteiger partial charge in [0.05, 0.1) is 5.75 Å². The molecule has 0 aromatic heterocycles. The lowest BCUT2D eigenvalue weighted by molar-refractivity contribution is 0.598. The minimum atomic E-state index is -2.90. The van der Waals surface area contributed by atoms with E-state index in [1.54, 1.807) is 7.05 Å². The molecule has 0 fully saturated rings. The Morgan fingerprint density at radius 1 is 1.24 bits per heavy atom. The van der Waals surface area contributed by atoms with Gasteiger partial charge >= 0.3 is 0 Å². The molecule has 0 atom stereocenters. The van der Waals surface area contributed by atoms with Crippen molar-refractivity contribution >= 4 is 51.4 Å². The molecule has 2 N–H and O–H groups in total. The van der Waals surface area contributed by atoms with Gasteiger partial charge in [-0.15, -0.1) is 24.0 Å². The smallest absolute Gasteiger partial charge is 0.191 e. The molecule has 1 rings (SSSR count). The molecule has 120 valence electrons. The number of guanidine groups is 1. The number of hydrogen-bond donors (Lipinski definition) is 2. The quantitative estimate of drug-likeness (QED) is 0.304. The van der Waals surface area contributed by atoms with E-state index in [0.717, 1.165) is 5.56 Å². The van der Waals surface area contributed by atoms with Crippen LogP contribution in [0.3, 0.4) is 0 Å². The lowest BCUT2D eigenvalue weighted by Gasteiger charge is -2.11. The summed E-state index contributed by atoms with van der Waals surface area (Å²) in [5, 5.41) is 6.93. The standard InChI is InChI=1S/C13H20ClN3O2S.HI/c1-15-13(16-8-3-9-20(2,18)19)17-10-11-4-6-12(14)7-5-11;/h4-7H,3,8-10H2,1-2H3,(H2,15,16,17);1H. The number of nitrogens with zero attached hydrogens (tertiary/aromatic N) is 1. The molecular formula is C13H21ClIN3O2S. The Hall–Kier alpha value is -0.540. The third-order valence-electron chi connectivity index (χ3n) is 2.58. The van der Waals surface area contributed by atoms with E-state index in [4.69, 9.17) is 11.6 Å². The van der Waals surface area contributed by atoms with Gasteiger partial charge in [0.1, 0.15) is 9.84 Å².